The van der Waals surface area contributed by atoms with Gasteiger partial charge in [0.1, 0.15) is 6.04 Å². The normalized spacial score (nSPS) is 24.1. The Kier molecular flexibility index (Phi) is 6.67. The summed E-state index contributed by atoms with van der Waals surface area (Å²) in [6, 6.07) is 8.93. The molecule has 3 aliphatic rings. The number of amides is 4. The fourth-order valence-electron chi connectivity index (χ4n) is 4.77. The molecule has 0 aromatic heterocycles. The third-order valence-electron chi connectivity index (χ3n) is 6.59. The van der Waals surface area contributed by atoms with Crippen LogP contribution >= 0.6 is 0 Å². The first-order valence-corrected chi connectivity index (χ1v) is 11.3. The number of piperidine rings is 1. The second kappa shape index (κ2) is 9.60. The maximum Gasteiger partial charge on any atom is 0.325 e. The second-order valence-electron chi connectivity index (χ2n) is 8.73. The molecule has 1 aromatic rings. The van der Waals surface area contributed by atoms with Crippen LogP contribution in [0.4, 0.5) is 4.79 Å². The Morgan fingerprint density at radius 3 is 2.27 bits per heavy atom. The number of urea groups is 1. The number of hydrogen-bond acceptors (Lipinski definition) is 4. The summed E-state index contributed by atoms with van der Waals surface area (Å²) >= 11 is 0. The highest BCUT2D eigenvalue weighted by atomic mass is 16.2. The van der Waals surface area contributed by atoms with Gasteiger partial charge in [0.05, 0.1) is 6.67 Å². The van der Waals surface area contributed by atoms with Crippen molar-refractivity contribution in [1.29, 1.82) is 0 Å². The molecule has 4 amide bonds. The zero-order chi connectivity index (χ0) is 20.9. The fourth-order valence-corrected chi connectivity index (χ4v) is 4.77. The van der Waals surface area contributed by atoms with Crippen LogP contribution < -0.4 is 5.32 Å². The molecule has 0 radical (unpaired) electrons. The number of benzene rings is 1. The highest BCUT2D eigenvalue weighted by molar-refractivity contribution is 6.04. The summed E-state index contributed by atoms with van der Waals surface area (Å²) in [6.45, 7) is 3.57. The molecule has 4 rings (SSSR count). The van der Waals surface area contributed by atoms with Crippen LogP contribution in [0.1, 0.15) is 44.1 Å². The van der Waals surface area contributed by atoms with Gasteiger partial charge in [-0.15, -0.1) is 0 Å². The van der Waals surface area contributed by atoms with E-state index >= 15 is 0 Å². The van der Waals surface area contributed by atoms with Crippen LogP contribution in [0.3, 0.4) is 0 Å². The zero-order valence-corrected chi connectivity index (χ0v) is 17.6. The van der Waals surface area contributed by atoms with Crippen molar-refractivity contribution >= 4 is 17.8 Å². The molecular formula is C23H32N4O3. The number of nitrogens with zero attached hydrogens (tertiary/aromatic N) is 3. The smallest absolute Gasteiger partial charge is 0.325 e. The monoisotopic (exact) mass is 412 g/mol. The fraction of sp³-hybridized carbons (Fsp3) is 0.609. The summed E-state index contributed by atoms with van der Waals surface area (Å²) < 4.78 is 0. The number of rotatable bonds is 5. The number of hydrogen-bond donors (Lipinski definition) is 1. The topological polar surface area (TPSA) is 73.0 Å². The molecule has 1 N–H and O–H groups in total. The first-order chi connectivity index (χ1) is 14.6. The van der Waals surface area contributed by atoms with Gasteiger partial charge in [0, 0.05) is 38.5 Å². The zero-order valence-electron chi connectivity index (χ0n) is 17.6. The van der Waals surface area contributed by atoms with E-state index in [1.54, 1.807) is 0 Å². The van der Waals surface area contributed by atoms with Crippen LogP contribution in [-0.4, -0.2) is 71.4 Å². The van der Waals surface area contributed by atoms with E-state index in [1.807, 2.05) is 30.3 Å². The summed E-state index contributed by atoms with van der Waals surface area (Å²) in [5, 5.41) is 2.82. The van der Waals surface area contributed by atoms with E-state index in [0.717, 1.165) is 57.4 Å². The molecule has 1 atom stereocenters. The highest BCUT2D eigenvalue weighted by Gasteiger charge is 2.39. The van der Waals surface area contributed by atoms with Gasteiger partial charge in [0.2, 0.25) is 5.91 Å². The van der Waals surface area contributed by atoms with Crippen molar-refractivity contribution < 1.29 is 14.4 Å². The Bertz CT molecular complexity index is 753. The molecule has 3 fully saturated rings. The first-order valence-electron chi connectivity index (χ1n) is 11.3. The molecule has 3 aliphatic heterocycles. The van der Waals surface area contributed by atoms with Crippen molar-refractivity contribution in [3.8, 4) is 0 Å². The van der Waals surface area contributed by atoms with Gasteiger partial charge in [-0.2, -0.15) is 0 Å². The lowest BCUT2D eigenvalue weighted by molar-refractivity contribution is -0.138. The highest BCUT2D eigenvalue weighted by Crippen LogP contribution is 2.23. The molecule has 3 heterocycles. The van der Waals surface area contributed by atoms with Crippen LogP contribution in [0.15, 0.2) is 30.3 Å². The van der Waals surface area contributed by atoms with E-state index in [2.05, 4.69) is 15.1 Å². The molecule has 3 saturated heterocycles. The van der Waals surface area contributed by atoms with Gasteiger partial charge in [-0.3, -0.25) is 14.5 Å². The third-order valence-corrected chi connectivity index (χ3v) is 6.59. The van der Waals surface area contributed by atoms with Crippen LogP contribution in [0.25, 0.3) is 0 Å². The Morgan fingerprint density at radius 1 is 0.933 bits per heavy atom. The summed E-state index contributed by atoms with van der Waals surface area (Å²) in [4.78, 5) is 43.5. The van der Waals surface area contributed by atoms with Gasteiger partial charge >= 0.3 is 6.03 Å². The minimum absolute atomic E-state index is 0.0771. The molecule has 1 aromatic carbocycles. The molecule has 162 valence electrons. The minimum atomic E-state index is -0.498. The van der Waals surface area contributed by atoms with Gasteiger partial charge < -0.3 is 10.2 Å². The Labute approximate surface area is 178 Å². The van der Waals surface area contributed by atoms with Crippen molar-refractivity contribution in [3.63, 3.8) is 0 Å². The molecule has 0 spiro atoms. The summed E-state index contributed by atoms with van der Waals surface area (Å²) in [5.41, 5.74) is 1.03. The van der Waals surface area contributed by atoms with Gasteiger partial charge in [0.25, 0.3) is 5.91 Å². The predicted molar refractivity (Wildman–Crippen MR) is 114 cm³/mol. The first kappa shape index (κ1) is 20.8. The molecule has 7 heteroatoms. The maximum absolute atomic E-state index is 12.9. The number of carbonyl (C=O) groups is 3. The SMILES string of the molecule is O=C(C1CCN(CN2C(=O)N[C@H](Cc3ccccc3)C2=O)CC1)N1CCCCCC1. The lowest BCUT2D eigenvalue weighted by atomic mass is 9.95. The summed E-state index contributed by atoms with van der Waals surface area (Å²) in [6.07, 6.45) is 6.77. The minimum Gasteiger partial charge on any atom is -0.342 e. The molecule has 7 nitrogen and oxygen atoms in total. The van der Waals surface area contributed by atoms with E-state index < -0.39 is 6.04 Å². The quantitative estimate of drug-likeness (QED) is 0.753. The number of imide groups is 1. The standard InChI is InChI=1S/C23H32N4O3/c28-21(26-12-6-1-2-7-13-26)19-10-14-25(15-11-19)17-27-22(29)20(24-23(27)30)16-18-8-4-3-5-9-18/h3-5,8-9,19-20H,1-2,6-7,10-17H2,(H,24,30)/t20-/m1/s1. The molecule has 0 bridgehead atoms. The van der Waals surface area contributed by atoms with Gasteiger partial charge in [-0.05, 0) is 31.2 Å². The van der Waals surface area contributed by atoms with Crippen molar-refractivity contribution in [2.75, 3.05) is 32.8 Å². The van der Waals surface area contributed by atoms with E-state index in [9.17, 15) is 14.4 Å². The van der Waals surface area contributed by atoms with Gasteiger partial charge in [-0.25, -0.2) is 9.69 Å². The van der Waals surface area contributed by atoms with Crippen LogP contribution in [0.5, 0.6) is 0 Å². The van der Waals surface area contributed by atoms with Crippen LogP contribution in [0.2, 0.25) is 0 Å². The molecule has 0 aliphatic carbocycles. The van der Waals surface area contributed by atoms with Gasteiger partial charge in [0.15, 0.2) is 0 Å². The number of carbonyl (C=O) groups excluding carboxylic acids is 3. The van der Waals surface area contributed by atoms with E-state index in [-0.39, 0.29) is 17.9 Å². The van der Waals surface area contributed by atoms with Crippen molar-refractivity contribution in [3.05, 3.63) is 35.9 Å². The van der Waals surface area contributed by atoms with E-state index in [1.165, 1.54) is 17.7 Å². The Hall–Kier alpha value is -2.41. The van der Waals surface area contributed by atoms with Crippen LogP contribution in [0, 0.1) is 5.92 Å². The van der Waals surface area contributed by atoms with Crippen molar-refractivity contribution in [1.82, 2.24) is 20.0 Å². The average molecular weight is 413 g/mol. The van der Waals surface area contributed by atoms with Crippen LogP contribution in [-0.2, 0) is 16.0 Å². The summed E-state index contributed by atoms with van der Waals surface area (Å²) in [7, 11) is 0. The maximum atomic E-state index is 12.9. The molecule has 0 saturated carbocycles. The number of likely N-dealkylation sites (tertiary alicyclic amines) is 2. The summed E-state index contributed by atoms with van der Waals surface area (Å²) in [5.74, 6) is 0.217. The Morgan fingerprint density at radius 2 is 1.60 bits per heavy atom. The average Bonchev–Trinajstić information content (AvgIpc) is 2.97. The van der Waals surface area contributed by atoms with Gasteiger partial charge in [-0.1, -0.05) is 43.2 Å². The molecule has 0 unspecified atom stereocenters. The largest absolute Gasteiger partial charge is 0.342 e. The number of nitrogens with one attached hydrogen (secondary N) is 1. The molecular weight excluding hydrogens is 380 g/mol. The Balaban J connectivity index is 1.27. The predicted octanol–water partition coefficient (Wildman–Crippen LogP) is 2.22. The third kappa shape index (κ3) is 4.83. The lowest BCUT2D eigenvalue weighted by Gasteiger charge is -2.35. The van der Waals surface area contributed by atoms with E-state index in [0.29, 0.717) is 19.0 Å². The van der Waals surface area contributed by atoms with Crippen molar-refractivity contribution in [2.45, 2.75) is 51.0 Å². The lowest BCUT2D eigenvalue weighted by Crippen LogP contribution is -2.47. The molecule has 30 heavy (non-hydrogen) atoms. The van der Waals surface area contributed by atoms with Crippen molar-refractivity contribution in [2.24, 2.45) is 5.92 Å². The van der Waals surface area contributed by atoms with E-state index in [4.69, 9.17) is 0 Å². The second-order valence-corrected chi connectivity index (χ2v) is 8.73.